The maximum atomic E-state index is 12.0. The van der Waals surface area contributed by atoms with Gasteiger partial charge in [-0.05, 0) is 39.0 Å². The van der Waals surface area contributed by atoms with Crippen LogP contribution in [0.1, 0.15) is 37.9 Å². The van der Waals surface area contributed by atoms with Crippen molar-refractivity contribution in [2.45, 2.75) is 45.7 Å². The predicted molar refractivity (Wildman–Crippen MR) is 86.1 cm³/mol. The minimum Gasteiger partial charge on any atom is -0.338 e. The average molecular weight is 317 g/mol. The minimum atomic E-state index is -0.196. The second-order valence-electron chi connectivity index (χ2n) is 6.13. The molecule has 0 aromatic carbocycles. The van der Waals surface area contributed by atoms with E-state index < -0.39 is 0 Å². The molecule has 2 aromatic rings. The van der Waals surface area contributed by atoms with Crippen molar-refractivity contribution in [2.24, 2.45) is 5.92 Å². The molecule has 2 amide bonds. The van der Waals surface area contributed by atoms with Crippen molar-refractivity contribution in [2.75, 3.05) is 11.9 Å². The Morgan fingerprint density at radius 3 is 2.83 bits per heavy atom. The Morgan fingerprint density at radius 2 is 2.13 bits per heavy atom. The first kappa shape index (κ1) is 15.5. The minimum absolute atomic E-state index is 0.196. The van der Waals surface area contributed by atoms with Crippen LogP contribution in [-0.2, 0) is 6.54 Å². The largest absolute Gasteiger partial charge is 0.338 e. The Hall–Kier alpha value is -2.38. The molecule has 8 heteroatoms. The fourth-order valence-electron chi connectivity index (χ4n) is 2.66. The molecular formula is C15H23N7O. The molecule has 1 atom stereocenters. The van der Waals surface area contributed by atoms with Gasteiger partial charge < -0.3 is 9.88 Å². The van der Waals surface area contributed by atoms with E-state index in [1.165, 1.54) is 12.8 Å². The van der Waals surface area contributed by atoms with Crippen LogP contribution < -0.4 is 10.6 Å². The zero-order chi connectivity index (χ0) is 16.2. The summed E-state index contributed by atoms with van der Waals surface area (Å²) >= 11 is 0. The van der Waals surface area contributed by atoms with Crippen molar-refractivity contribution in [1.29, 1.82) is 0 Å². The maximum Gasteiger partial charge on any atom is 0.320 e. The van der Waals surface area contributed by atoms with Crippen LogP contribution in [-0.4, -0.2) is 37.1 Å². The van der Waals surface area contributed by atoms with Crippen LogP contribution in [0.3, 0.4) is 0 Å². The number of carbonyl (C=O) groups excluding carboxylic acids is 1. The van der Waals surface area contributed by atoms with Crippen molar-refractivity contribution in [1.82, 2.24) is 29.9 Å². The highest BCUT2D eigenvalue weighted by Crippen LogP contribution is 2.40. The zero-order valence-corrected chi connectivity index (χ0v) is 13.6. The van der Waals surface area contributed by atoms with E-state index in [1.807, 2.05) is 22.2 Å². The number of nitrogens with zero attached hydrogens (tertiary/aromatic N) is 5. The highest BCUT2D eigenvalue weighted by atomic mass is 16.2. The van der Waals surface area contributed by atoms with Gasteiger partial charge >= 0.3 is 6.03 Å². The van der Waals surface area contributed by atoms with E-state index in [-0.39, 0.29) is 6.03 Å². The van der Waals surface area contributed by atoms with Gasteiger partial charge in [0.2, 0.25) is 0 Å². The number of aromatic nitrogens is 5. The second kappa shape index (κ2) is 6.80. The Kier molecular flexibility index (Phi) is 4.59. The number of hydrogen-bond acceptors (Lipinski definition) is 4. The first-order valence-corrected chi connectivity index (χ1v) is 8.07. The molecule has 0 spiro atoms. The molecule has 1 fully saturated rings. The third-order valence-electron chi connectivity index (χ3n) is 4.13. The molecular weight excluding hydrogens is 294 g/mol. The molecule has 0 aliphatic heterocycles. The number of urea groups is 1. The summed E-state index contributed by atoms with van der Waals surface area (Å²) in [6.45, 7) is 5.48. The summed E-state index contributed by atoms with van der Waals surface area (Å²) in [5, 5.41) is 17.8. The summed E-state index contributed by atoms with van der Waals surface area (Å²) in [5.41, 5.74) is 0.917. The molecule has 0 radical (unpaired) electrons. The van der Waals surface area contributed by atoms with Gasteiger partial charge in [-0.25, -0.2) is 9.48 Å². The smallest absolute Gasteiger partial charge is 0.320 e. The van der Waals surface area contributed by atoms with Crippen LogP contribution in [0.15, 0.2) is 18.7 Å². The van der Waals surface area contributed by atoms with E-state index in [1.54, 1.807) is 12.7 Å². The average Bonchev–Trinajstić information content (AvgIpc) is 3.12. The first-order valence-electron chi connectivity index (χ1n) is 8.07. The van der Waals surface area contributed by atoms with Gasteiger partial charge in [0.15, 0.2) is 0 Å². The number of aryl methyl sites for hydroxylation is 2. The number of anilines is 1. The van der Waals surface area contributed by atoms with E-state index >= 15 is 0 Å². The maximum absolute atomic E-state index is 12.0. The summed E-state index contributed by atoms with van der Waals surface area (Å²) in [6.07, 6.45) is 6.65. The number of nitrogens with one attached hydrogen (secondary N) is 2. The molecule has 2 aromatic heterocycles. The van der Waals surface area contributed by atoms with Gasteiger partial charge in [0, 0.05) is 19.2 Å². The van der Waals surface area contributed by atoms with Crippen molar-refractivity contribution in [3.63, 3.8) is 0 Å². The summed E-state index contributed by atoms with van der Waals surface area (Å²) < 4.78 is 3.82. The molecule has 8 nitrogen and oxygen atoms in total. The summed E-state index contributed by atoms with van der Waals surface area (Å²) in [7, 11) is 0. The molecule has 0 unspecified atom stereocenters. The molecule has 23 heavy (non-hydrogen) atoms. The number of carbonyl (C=O) groups is 1. The quantitative estimate of drug-likeness (QED) is 0.764. The lowest BCUT2D eigenvalue weighted by molar-refractivity contribution is 0.251. The highest BCUT2D eigenvalue weighted by molar-refractivity contribution is 5.88. The predicted octanol–water partition coefficient (Wildman–Crippen LogP) is 1.97. The van der Waals surface area contributed by atoms with E-state index in [0.29, 0.717) is 18.5 Å². The molecule has 0 bridgehead atoms. The lowest BCUT2D eigenvalue weighted by Gasteiger charge is -2.15. The molecule has 124 valence electrons. The van der Waals surface area contributed by atoms with Gasteiger partial charge in [-0.3, -0.25) is 5.32 Å². The van der Waals surface area contributed by atoms with Gasteiger partial charge in [0.05, 0.1) is 11.7 Å². The first-order chi connectivity index (χ1) is 11.1. The number of rotatable bonds is 7. The van der Waals surface area contributed by atoms with Crippen LogP contribution in [0.4, 0.5) is 10.6 Å². The molecule has 2 heterocycles. The molecule has 3 rings (SSSR count). The van der Waals surface area contributed by atoms with E-state index in [4.69, 9.17) is 0 Å². The monoisotopic (exact) mass is 317 g/mol. The number of amides is 2. The SMILES string of the molecule is Cc1cc(NC(=O)NCCCn2cnnc2)n([C@H](C)C2CC2)n1. The van der Waals surface area contributed by atoms with Crippen LogP contribution in [0.25, 0.3) is 0 Å². The standard InChI is InChI=1S/C15H23N7O/c1-11-8-14(22(20-11)12(2)13-4-5-13)19-15(23)16-6-3-7-21-9-17-18-10-21/h8-10,12-13H,3-7H2,1-2H3,(H2,16,19,23)/t12-/m1/s1. The summed E-state index contributed by atoms with van der Waals surface area (Å²) in [5.74, 6) is 1.44. The second-order valence-corrected chi connectivity index (χ2v) is 6.13. The lowest BCUT2D eigenvalue weighted by atomic mass is 10.2. The van der Waals surface area contributed by atoms with Crippen molar-refractivity contribution >= 4 is 11.8 Å². The van der Waals surface area contributed by atoms with Crippen molar-refractivity contribution < 1.29 is 4.79 Å². The Morgan fingerprint density at radius 1 is 1.39 bits per heavy atom. The van der Waals surface area contributed by atoms with Gasteiger partial charge in [-0.15, -0.1) is 10.2 Å². The molecule has 0 saturated heterocycles. The molecule has 1 saturated carbocycles. The summed E-state index contributed by atoms with van der Waals surface area (Å²) in [6, 6.07) is 2.04. The van der Waals surface area contributed by atoms with E-state index in [0.717, 1.165) is 24.5 Å². The van der Waals surface area contributed by atoms with Gasteiger partial charge in [0.1, 0.15) is 18.5 Å². The Bertz CT molecular complexity index is 645. The van der Waals surface area contributed by atoms with Crippen LogP contribution in [0.5, 0.6) is 0 Å². The Labute approximate surface area is 135 Å². The van der Waals surface area contributed by atoms with E-state index in [2.05, 4.69) is 32.9 Å². The fraction of sp³-hybridized carbons (Fsp3) is 0.600. The zero-order valence-electron chi connectivity index (χ0n) is 13.6. The lowest BCUT2D eigenvalue weighted by Crippen LogP contribution is -2.31. The van der Waals surface area contributed by atoms with Crippen LogP contribution in [0.2, 0.25) is 0 Å². The molecule has 1 aliphatic rings. The number of hydrogen-bond donors (Lipinski definition) is 2. The van der Waals surface area contributed by atoms with Crippen molar-refractivity contribution in [3.8, 4) is 0 Å². The topological polar surface area (TPSA) is 89.7 Å². The van der Waals surface area contributed by atoms with Crippen LogP contribution in [0, 0.1) is 12.8 Å². The van der Waals surface area contributed by atoms with Gasteiger partial charge in [-0.2, -0.15) is 5.10 Å². The molecule has 1 aliphatic carbocycles. The third-order valence-corrected chi connectivity index (χ3v) is 4.13. The fourth-order valence-corrected chi connectivity index (χ4v) is 2.66. The Balaban J connectivity index is 1.47. The molecule has 2 N–H and O–H groups in total. The normalized spacial score (nSPS) is 15.4. The van der Waals surface area contributed by atoms with Crippen molar-refractivity contribution in [3.05, 3.63) is 24.4 Å². The highest BCUT2D eigenvalue weighted by Gasteiger charge is 2.31. The van der Waals surface area contributed by atoms with E-state index in [9.17, 15) is 4.79 Å². The van der Waals surface area contributed by atoms with Gasteiger partial charge in [0.25, 0.3) is 0 Å². The van der Waals surface area contributed by atoms with Crippen LogP contribution >= 0.6 is 0 Å². The summed E-state index contributed by atoms with van der Waals surface area (Å²) in [4.78, 5) is 12.0. The van der Waals surface area contributed by atoms with Gasteiger partial charge in [-0.1, -0.05) is 0 Å². The third kappa shape index (κ3) is 4.08.